The first-order valence-electron chi connectivity index (χ1n) is 6.96. The molecule has 0 unspecified atom stereocenters. The molecule has 1 aliphatic rings. The SMILES string of the molecule is COc1ccc(N2C(=O)C(=Cc3ccccc3F)NC2=S)cc1Cl. The Balaban J connectivity index is 1.95. The van der Waals surface area contributed by atoms with Crippen molar-refractivity contribution in [3.8, 4) is 5.75 Å². The van der Waals surface area contributed by atoms with Crippen molar-refractivity contribution in [1.82, 2.24) is 5.32 Å². The zero-order valence-corrected chi connectivity index (χ0v) is 14.1. The summed E-state index contributed by atoms with van der Waals surface area (Å²) in [5.41, 5.74) is 0.989. The Hall–Kier alpha value is -2.44. The second-order valence-electron chi connectivity index (χ2n) is 4.97. The van der Waals surface area contributed by atoms with E-state index >= 15 is 0 Å². The Morgan fingerprint density at radius 1 is 1.29 bits per heavy atom. The lowest BCUT2D eigenvalue weighted by Crippen LogP contribution is -2.30. The highest BCUT2D eigenvalue weighted by atomic mass is 35.5. The fourth-order valence-corrected chi connectivity index (χ4v) is 2.86. The van der Waals surface area contributed by atoms with Crippen LogP contribution in [0.25, 0.3) is 6.08 Å². The van der Waals surface area contributed by atoms with Crippen LogP contribution in [0, 0.1) is 5.82 Å². The van der Waals surface area contributed by atoms with Gasteiger partial charge in [0, 0.05) is 5.56 Å². The van der Waals surface area contributed by atoms with Gasteiger partial charge in [-0.3, -0.25) is 9.69 Å². The van der Waals surface area contributed by atoms with Crippen LogP contribution in [0.3, 0.4) is 0 Å². The predicted molar refractivity (Wildman–Crippen MR) is 95.6 cm³/mol. The number of thiocarbonyl (C=S) groups is 1. The van der Waals surface area contributed by atoms with Gasteiger partial charge in [0.25, 0.3) is 5.91 Å². The fraction of sp³-hybridized carbons (Fsp3) is 0.0588. The second kappa shape index (κ2) is 6.59. The number of benzene rings is 2. The van der Waals surface area contributed by atoms with Crippen LogP contribution in [-0.4, -0.2) is 18.1 Å². The number of rotatable bonds is 3. The van der Waals surface area contributed by atoms with Crippen molar-refractivity contribution < 1.29 is 13.9 Å². The molecule has 0 atom stereocenters. The molecule has 1 amide bonds. The van der Waals surface area contributed by atoms with Crippen molar-refractivity contribution in [3.63, 3.8) is 0 Å². The molecule has 1 N–H and O–H groups in total. The van der Waals surface area contributed by atoms with Crippen molar-refractivity contribution in [1.29, 1.82) is 0 Å². The first-order valence-corrected chi connectivity index (χ1v) is 7.75. The Labute approximate surface area is 148 Å². The average molecular weight is 363 g/mol. The van der Waals surface area contributed by atoms with E-state index in [9.17, 15) is 9.18 Å². The van der Waals surface area contributed by atoms with Gasteiger partial charge < -0.3 is 10.1 Å². The minimum Gasteiger partial charge on any atom is -0.495 e. The monoisotopic (exact) mass is 362 g/mol. The van der Waals surface area contributed by atoms with E-state index in [1.54, 1.807) is 36.4 Å². The third kappa shape index (κ3) is 2.98. The molecule has 7 heteroatoms. The topological polar surface area (TPSA) is 41.6 Å². The van der Waals surface area contributed by atoms with E-state index in [1.165, 1.54) is 24.2 Å². The van der Waals surface area contributed by atoms with Gasteiger partial charge in [-0.2, -0.15) is 0 Å². The largest absolute Gasteiger partial charge is 0.495 e. The zero-order chi connectivity index (χ0) is 17.3. The van der Waals surface area contributed by atoms with Crippen LogP contribution in [-0.2, 0) is 4.79 Å². The van der Waals surface area contributed by atoms with Crippen LogP contribution in [0.5, 0.6) is 5.75 Å². The summed E-state index contributed by atoms with van der Waals surface area (Å²) in [4.78, 5) is 13.9. The van der Waals surface area contributed by atoms with E-state index in [0.717, 1.165) is 0 Å². The van der Waals surface area contributed by atoms with Gasteiger partial charge in [0.1, 0.15) is 17.3 Å². The predicted octanol–water partition coefficient (Wildman–Crippen LogP) is 3.75. The third-order valence-electron chi connectivity index (χ3n) is 3.48. The van der Waals surface area contributed by atoms with E-state index in [2.05, 4.69) is 5.32 Å². The molecule has 0 saturated carbocycles. The zero-order valence-electron chi connectivity index (χ0n) is 12.5. The van der Waals surface area contributed by atoms with E-state index in [-0.39, 0.29) is 16.7 Å². The number of hydrogen-bond donors (Lipinski definition) is 1. The van der Waals surface area contributed by atoms with E-state index in [0.29, 0.717) is 22.0 Å². The molecular weight excluding hydrogens is 351 g/mol. The summed E-state index contributed by atoms with van der Waals surface area (Å²) < 4.78 is 18.9. The van der Waals surface area contributed by atoms with E-state index in [1.807, 2.05) is 0 Å². The molecule has 0 bridgehead atoms. The molecule has 1 heterocycles. The van der Waals surface area contributed by atoms with Gasteiger partial charge in [-0.1, -0.05) is 29.8 Å². The van der Waals surface area contributed by atoms with Crippen LogP contribution in [0.2, 0.25) is 5.02 Å². The lowest BCUT2D eigenvalue weighted by atomic mass is 10.1. The number of hydrogen-bond acceptors (Lipinski definition) is 3. The number of amides is 1. The molecule has 122 valence electrons. The fourth-order valence-electron chi connectivity index (χ4n) is 2.31. The van der Waals surface area contributed by atoms with Crippen molar-refractivity contribution in [2.45, 2.75) is 0 Å². The summed E-state index contributed by atoms with van der Waals surface area (Å²) in [7, 11) is 1.50. The van der Waals surface area contributed by atoms with Crippen molar-refractivity contribution in [2.24, 2.45) is 0 Å². The third-order valence-corrected chi connectivity index (χ3v) is 4.06. The van der Waals surface area contributed by atoms with Crippen molar-refractivity contribution >= 4 is 46.6 Å². The summed E-state index contributed by atoms with van der Waals surface area (Å²) in [6, 6.07) is 11.1. The van der Waals surface area contributed by atoms with Crippen LogP contribution < -0.4 is 15.0 Å². The molecule has 0 aromatic heterocycles. The van der Waals surface area contributed by atoms with Gasteiger partial charge in [0.2, 0.25) is 0 Å². The number of nitrogens with zero attached hydrogens (tertiary/aromatic N) is 1. The highest BCUT2D eigenvalue weighted by Crippen LogP contribution is 2.31. The van der Waals surface area contributed by atoms with Gasteiger partial charge in [0.15, 0.2) is 5.11 Å². The molecule has 1 saturated heterocycles. The molecule has 4 nitrogen and oxygen atoms in total. The minimum atomic E-state index is -0.420. The Morgan fingerprint density at radius 3 is 2.71 bits per heavy atom. The quantitative estimate of drug-likeness (QED) is 0.667. The molecular formula is C17H12ClFN2O2S. The van der Waals surface area contributed by atoms with E-state index in [4.69, 9.17) is 28.6 Å². The second-order valence-corrected chi connectivity index (χ2v) is 5.76. The maximum absolute atomic E-state index is 13.8. The summed E-state index contributed by atoms with van der Waals surface area (Å²) in [5.74, 6) is -0.311. The molecule has 1 fully saturated rings. The van der Waals surface area contributed by atoms with Crippen LogP contribution in [0.4, 0.5) is 10.1 Å². The number of carbonyl (C=O) groups is 1. The van der Waals surface area contributed by atoms with Crippen LogP contribution in [0.1, 0.15) is 5.56 Å². The number of ether oxygens (including phenoxy) is 1. The maximum atomic E-state index is 13.8. The summed E-state index contributed by atoms with van der Waals surface area (Å²) >= 11 is 11.3. The van der Waals surface area contributed by atoms with Gasteiger partial charge >= 0.3 is 0 Å². The standard InChI is InChI=1S/C17H12ClFN2O2S/c1-23-15-7-6-11(9-12(15)18)21-16(22)14(20-17(21)24)8-10-4-2-3-5-13(10)19/h2-9H,1H3,(H,20,24). The smallest absolute Gasteiger partial charge is 0.281 e. The average Bonchev–Trinajstić information content (AvgIpc) is 2.83. The lowest BCUT2D eigenvalue weighted by molar-refractivity contribution is -0.113. The van der Waals surface area contributed by atoms with Crippen molar-refractivity contribution in [3.05, 3.63) is 64.6 Å². The minimum absolute atomic E-state index is 0.192. The molecule has 1 aliphatic heterocycles. The van der Waals surface area contributed by atoms with Gasteiger partial charge in [-0.05, 0) is 42.6 Å². The Bertz CT molecular complexity index is 869. The van der Waals surface area contributed by atoms with E-state index < -0.39 is 5.82 Å². The summed E-state index contributed by atoms with van der Waals surface area (Å²) in [5, 5.41) is 3.36. The van der Waals surface area contributed by atoms with Crippen LogP contribution in [0.15, 0.2) is 48.2 Å². The Morgan fingerprint density at radius 2 is 2.04 bits per heavy atom. The number of carbonyl (C=O) groups excluding carboxylic acids is 1. The highest BCUT2D eigenvalue weighted by molar-refractivity contribution is 7.80. The number of nitrogens with one attached hydrogen (secondary N) is 1. The molecule has 24 heavy (non-hydrogen) atoms. The summed E-state index contributed by atoms with van der Waals surface area (Å²) in [6.07, 6.45) is 1.43. The first kappa shape index (κ1) is 16.4. The normalized spacial score (nSPS) is 15.8. The molecule has 0 aliphatic carbocycles. The van der Waals surface area contributed by atoms with Gasteiger partial charge in [-0.25, -0.2) is 4.39 Å². The maximum Gasteiger partial charge on any atom is 0.281 e. The molecule has 0 radical (unpaired) electrons. The Kier molecular flexibility index (Phi) is 4.51. The molecule has 2 aromatic carbocycles. The number of methoxy groups -OCH3 is 1. The summed E-state index contributed by atoms with van der Waals surface area (Å²) in [6.45, 7) is 0. The van der Waals surface area contributed by atoms with Gasteiger partial charge in [-0.15, -0.1) is 0 Å². The molecule has 0 spiro atoms. The van der Waals surface area contributed by atoms with Gasteiger partial charge in [0.05, 0.1) is 17.8 Å². The van der Waals surface area contributed by atoms with Crippen LogP contribution >= 0.6 is 23.8 Å². The van der Waals surface area contributed by atoms with Crippen molar-refractivity contribution in [2.75, 3.05) is 12.0 Å². The molecule has 3 rings (SSSR count). The number of halogens is 2. The highest BCUT2D eigenvalue weighted by Gasteiger charge is 2.32. The first-order chi connectivity index (χ1) is 11.5. The number of anilines is 1. The lowest BCUT2D eigenvalue weighted by Gasteiger charge is -2.15. The molecule has 2 aromatic rings.